The van der Waals surface area contributed by atoms with Crippen LogP contribution in [0.2, 0.25) is 0 Å². The molecule has 0 amide bonds. The van der Waals surface area contributed by atoms with Gasteiger partial charge in [-0.3, -0.25) is 0 Å². The smallest absolute Gasteiger partial charge is 0.435 e. The average Bonchev–Trinajstić information content (AvgIpc) is 2.69. The number of fused-ring (bicyclic) bond motifs is 1. The van der Waals surface area contributed by atoms with Gasteiger partial charge in [-0.1, -0.05) is 6.07 Å². The first-order valence-electron chi connectivity index (χ1n) is 5.07. The molecular weight excluding hydrogens is 335 g/mol. The normalized spacial score (nSPS) is 10.5. The first-order valence-corrected chi connectivity index (χ1v) is 6.15. The average molecular weight is 346 g/mol. The zero-order valence-electron chi connectivity index (χ0n) is 9.44. The van der Waals surface area contributed by atoms with Crippen LogP contribution < -0.4 is 4.74 Å². The third kappa shape index (κ3) is 2.08. The summed E-state index contributed by atoms with van der Waals surface area (Å²) >= 11 is 2.18. The van der Waals surface area contributed by atoms with Gasteiger partial charge in [-0.05, 0) is 41.6 Å². The molecule has 0 spiro atoms. The predicted molar refractivity (Wildman–Crippen MR) is 71.4 cm³/mol. The van der Waals surface area contributed by atoms with E-state index in [2.05, 4.69) is 27.7 Å². The highest BCUT2D eigenvalue weighted by atomic mass is 127. The highest BCUT2D eigenvalue weighted by molar-refractivity contribution is 14.1. The van der Waals surface area contributed by atoms with E-state index in [-0.39, 0.29) is 0 Å². The number of methoxy groups -OCH3 is 1. The predicted octanol–water partition coefficient (Wildman–Crippen LogP) is 2.65. The molecule has 2 rings (SSSR count). The maximum absolute atomic E-state index is 11.7. The van der Waals surface area contributed by atoms with Crippen LogP contribution in [0.4, 0.5) is 4.79 Å². The van der Waals surface area contributed by atoms with E-state index < -0.39 is 6.09 Å². The van der Waals surface area contributed by atoms with E-state index in [9.17, 15) is 4.79 Å². The van der Waals surface area contributed by atoms with Crippen molar-refractivity contribution in [2.45, 2.75) is 6.92 Å². The highest BCUT2D eigenvalue weighted by Crippen LogP contribution is 2.29. The quantitative estimate of drug-likeness (QED) is 0.785. The minimum Gasteiger partial charge on any atom is -0.479 e. The molecule has 0 radical (unpaired) electrons. The Balaban J connectivity index is 2.65. The topological polar surface area (TPSA) is 53.4 Å². The lowest BCUT2D eigenvalue weighted by molar-refractivity contribution is 0.151. The van der Waals surface area contributed by atoms with Crippen LogP contribution in [0.15, 0.2) is 18.2 Å². The fourth-order valence-corrected chi connectivity index (χ4v) is 2.28. The Morgan fingerprint density at radius 1 is 1.53 bits per heavy atom. The lowest BCUT2D eigenvalue weighted by Crippen LogP contribution is -2.14. The summed E-state index contributed by atoms with van der Waals surface area (Å²) < 4.78 is 12.3. The summed E-state index contributed by atoms with van der Waals surface area (Å²) in [7, 11) is 1.53. The fraction of sp³-hybridized carbons (Fsp3) is 0.273. The molecule has 0 unspecified atom stereocenters. The number of hydrogen-bond donors (Lipinski definition) is 0. The molecule has 0 saturated carbocycles. The second-order valence-corrected chi connectivity index (χ2v) is 4.42. The van der Waals surface area contributed by atoms with E-state index in [0.717, 1.165) is 8.96 Å². The molecule has 90 valence electrons. The Labute approximate surface area is 112 Å². The molecule has 2 aromatic rings. The molecule has 0 N–H and O–H groups in total. The van der Waals surface area contributed by atoms with Gasteiger partial charge in [-0.2, -0.15) is 4.68 Å². The molecule has 0 aliphatic rings. The minimum atomic E-state index is -0.497. The minimum absolute atomic E-state index is 0.312. The number of benzene rings is 1. The molecule has 0 atom stereocenters. The summed E-state index contributed by atoms with van der Waals surface area (Å²) in [5.74, 6) is 0.429. The number of carbonyl (C=O) groups is 1. The number of ether oxygens (including phenoxy) is 2. The number of nitrogens with zero attached hydrogens (tertiary/aromatic N) is 2. The van der Waals surface area contributed by atoms with E-state index in [1.807, 2.05) is 18.2 Å². The summed E-state index contributed by atoms with van der Waals surface area (Å²) in [5, 5.41) is 4.93. The van der Waals surface area contributed by atoms with Crippen LogP contribution in [0.1, 0.15) is 6.92 Å². The first-order chi connectivity index (χ1) is 8.19. The highest BCUT2D eigenvalue weighted by Gasteiger charge is 2.18. The maximum Gasteiger partial charge on any atom is 0.435 e. The second-order valence-electron chi connectivity index (χ2n) is 3.25. The lowest BCUT2D eigenvalue weighted by atomic mass is 10.2. The van der Waals surface area contributed by atoms with Gasteiger partial charge in [0.2, 0.25) is 5.88 Å². The number of hydrogen-bond acceptors (Lipinski definition) is 4. The van der Waals surface area contributed by atoms with E-state index in [1.54, 1.807) is 6.92 Å². The number of carbonyl (C=O) groups excluding carboxylic acids is 1. The second kappa shape index (κ2) is 4.91. The Morgan fingerprint density at radius 3 is 2.94 bits per heavy atom. The Bertz CT molecular complexity index is 565. The van der Waals surface area contributed by atoms with Crippen molar-refractivity contribution in [1.82, 2.24) is 9.78 Å². The Kier molecular flexibility index (Phi) is 3.51. The Morgan fingerprint density at radius 2 is 2.29 bits per heavy atom. The molecule has 1 heterocycles. The van der Waals surface area contributed by atoms with Crippen LogP contribution in [0, 0.1) is 3.57 Å². The van der Waals surface area contributed by atoms with Gasteiger partial charge in [0.1, 0.15) is 0 Å². The lowest BCUT2D eigenvalue weighted by Gasteiger charge is -2.01. The van der Waals surface area contributed by atoms with Crippen molar-refractivity contribution in [3.63, 3.8) is 0 Å². The van der Waals surface area contributed by atoms with E-state index >= 15 is 0 Å². The molecule has 1 aromatic carbocycles. The molecule has 5 nitrogen and oxygen atoms in total. The van der Waals surface area contributed by atoms with E-state index in [0.29, 0.717) is 18.0 Å². The molecule has 17 heavy (non-hydrogen) atoms. The standard InChI is InChI=1S/C11H11IN2O3/c1-3-17-11(15)14-8-6-4-5-7(12)9(8)10(13-14)16-2/h4-6H,3H2,1-2H3. The summed E-state index contributed by atoms with van der Waals surface area (Å²) in [6.07, 6.45) is -0.497. The van der Waals surface area contributed by atoms with Crippen LogP contribution in [0.25, 0.3) is 10.9 Å². The van der Waals surface area contributed by atoms with Crippen LogP contribution in [-0.2, 0) is 4.74 Å². The summed E-state index contributed by atoms with van der Waals surface area (Å²) in [6.45, 7) is 2.07. The molecule has 0 fully saturated rings. The number of aromatic nitrogens is 2. The van der Waals surface area contributed by atoms with Crippen LogP contribution in [-0.4, -0.2) is 29.6 Å². The third-order valence-corrected chi connectivity index (χ3v) is 3.16. The summed E-state index contributed by atoms with van der Waals surface area (Å²) in [6, 6.07) is 5.60. The van der Waals surface area contributed by atoms with E-state index in [4.69, 9.17) is 9.47 Å². The van der Waals surface area contributed by atoms with Crippen LogP contribution in [0.3, 0.4) is 0 Å². The van der Waals surface area contributed by atoms with Gasteiger partial charge >= 0.3 is 6.09 Å². The first kappa shape index (κ1) is 12.2. The van der Waals surface area contributed by atoms with Crippen molar-refractivity contribution in [1.29, 1.82) is 0 Å². The largest absolute Gasteiger partial charge is 0.479 e. The molecule has 0 saturated heterocycles. The van der Waals surface area contributed by atoms with Crippen molar-refractivity contribution >= 4 is 39.6 Å². The molecule has 0 bridgehead atoms. The third-order valence-electron chi connectivity index (χ3n) is 2.26. The van der Waals surface area contributed by atoms with Gasteiger partial charge in [0.05, 0.1) is 24.6 Å². The van der Waals surface area contributed by atoms with Gasteiger partial charge in [-0.15, -0.1) is 5.10 Å². The zero-order valence-corrected chi connectivity index (χ0v) is 11.6. The van der Waals surface area contributed by atoms with Gasteiger partial charge in [0, 0.05) is 3.57 Å². The monoisotopic (exact) mass is 346 g/mol. The van der Waals surface area contributed by atoms with Crippen molar-refractivity contribution in [3.05, 3.63) is 21.8 Å². The molecular formula is C11H11IN2O3. The molecule has 0 aliphatic heterocycles. The van der Waals surface area contributed by atoms with Gasteiger partial charge in [-0.25, -0.2) is 4.79 Å². The van der Waals surface area contributed by atoms with Gasteiger partial charge < -0.3 is 9.47 Å². The zero-order chi connectivity index (χ0) is 12.4. The fourth-order valence-electron chi connectivity index (χ4n) is 1.56. The van der Waals surface area contributed by atoms with Gasteiger partial charge in [0.15, 0.2) is 0 Å². The van der Waals surface area contributed by atoms with E-state index in [1.165, 1.54) is 11.8 Å². The van der Waals surface area contributed by atoms with Gasteiger partial charge in [0.25, 0.3) is 0 Å². The molecule has 6 heteroatoms. The molecule has 0 aliphatic carbocycles. The van der Waals surface area contributed by atoms with Crippen molar-refractivity contribution in [2.24, 2.45) is 0 Å². The van der Waals surface area contributed by atoms with Crippen molar-refractivity contribution < 1.29 is 14.3 Å². The summed E-state index contributed by atoms with van der Waals surface area (Å²) in [4.78, 5) is 11.7. The van der Waals surface area contributed by atoms with Crippen molar-refractivity contribution in [2.75, 3.05) is 13.7 Å². The maximum atomic E-state index is 11.7. The van der Waals surface area contributed by atoms with Crippen molar-refractivity contribution in [3.8, 4) is 5.88 Å². The molecule has 1 aromatic heterocycles. The Hall–Kier alpha value is -1.31. The number of halogens is 1. The van der Waals surface area contributed by atoms with Crippen LogP contribution in [0.5, 0.6) is 5.88 Å². The van der Waals surface area contributed by atoms with Crippen LogP contribution >= 0.6 is 22.6 Å². The SMILES string of the molecule is CCOC(=O)n1nc(OC)c2c(I)cccc21. The summed E-state index contributed by atoms with van der Waals surface area (Å²) in [5.41, 5.74) is 0.687. The number of rotatable bonds is 2.